The fourth-order valence-corrected chi connectivity index (χ4v) is 3.12. The van der Waals surface area contributed by atoms with Gasteiger partial charge in [-0.2, -0.15) is 0 Å². The molecule has 1 aromatic carbocycles. The van der Waals surface area contributed by atoms with Crippen molar-refractivity contribution in [2.45, 2.75) is 12.7 Å². The second-order valence-electron chi connectivity index (χ2n) is 4.42. The molecule has 0 atom stereocenters. The molecule has 112 valence electrons. The minimum Gasteiger partial charge on any atom is -0.375 e. The summed E-state index contributed by atoms with van der Waals surface area (Å²) in [6, 6.07) is 6.40. The van der Waals surface area contributed by atoms with Gasteiger partial charge in [0.1, 0.15) is 4.88 Å². The van der Waals surface area contributed by atoms with Crippen LogP contribution >= 0.6 is 11.3 Å². The molecule has 7 nitrogen and oxygen atoms in total. The van der Waals surface area contributed by atoms with Gasteiger partial charge in [0.05, 0.1) is 11.4 Å². The Hall–Kier alpha value is -1.97. The number of hydrogen-bond donors (Lipinski definition) is 3. The van der Waals surface area contributed by atoms with E-state index in [2.05, 4.69) is 10.3 Å². The highest BCUT2D eigenvalue weighted by molar-refractivity contribution is 7.88. The first-order chi connectivity index (χ1) is 9.74. The van der Waals surface area contributed by atoms with Crippen LogP contribution in [0.2, 0.25) is 0 Å². The Balaban J connectivity index is 2.10. The largest absolute Gasteiger partial charge is 0.375 e. The zero-order valence-corrected chi connectivity index (χ0v) is 12.8. The summed E-state index contributed by atoms with van der Waals surface area (Å²) >= 11 is 1.11. The summed E-state index contributed by atoms with van der Waals surface area (Å²) in [7, 11) is -3.57. The van der Waals surface area contributed by atoms with Crippen LogP contribution in [0.25, 0.3) is 0 Å². The molecule has 9 heteroatoms. The molecule has 0 saturated heterocycles. The van der Waals surface area contributed by atoms with Crippen molar-refractivity contribution in [2.75, 3.05) is 11.1 Å². The fraction of sp³-hybridized carbons (Fsp3) is 0.167. The topological polar surface area (TPSA) is 128 Å². The van der Waals surface area contributed by atoms with Crippen molar-refractivity contribution in [2.24, 2.45) is 5.14 Å². The van der Waals surface area contributed by atoms with Crippen molar-refractivity contribution in [3.05, 3.63) is 40.4 Å². The van der Waals surface area contributed by atoms with Crippen LogP contribution in [0.3, 0.4) is 0 Å². The van der Waals surface area contributed by atoms with Crippen molar-refractivity contribution in [1.82, 2.24) is 4.98 Å². The molecule has 2 rings (SSSR count). The molecule has 1 amide bonds. The monoisotopic (exact) mass is 326 g/mol. The van der Waals surface area contributed by atoms with E-state index in [-0.39, 0.29) is 11.7 Å². The summed E-state index contributed by atoms with van der Waals surface area (Å²) < 4.78 is 22.0. The number of nitrogens with one attached hydrogen (secondary N) is 1. The van der Waals surface area contributed by atoms with E-state index in [1.807, 2.05) is 0 Å². The standard InChI is InChI=1S/C12H14N4O3S2/c1-7-10(20-12(13)15-7)11(17)16-9-4-2-8(3-5-9)6-21(14,18)19/h2-5H,6H2,1H3,(H2,13,15)(H,16,17)(H2,14,18,19). The first-order valence-corrected chi connectivity index (χ1v) is 8.41. The molecule has 0 bridgehead atoms. The highest BCUT2D eigenvalue weighted by Crippen LogP contribution is 2.21. The van der Waals surface area contributed by atoms with E-state index in [1.165, 1.54) is 0 Å². The minimum atomic E-state index is -3.57. The molecule has 0 radical (unpaired) electrons. The lowest BCUT2D eigenvalue weighted by Gasteiger charge is -2.05. The number of anilines is 2. The number of carbonyl (C=O) groups excluding carboxylic acids is 1. The summed E-state index contributed by atoms with van der Waals surface area (Å²) in [6.07, 6.45) is 0. The first kappa shape index (κ1) is 15.4. The lowest BCUT2D eigenvalue weighted by atomic mass is 10.2. The van der Waals surface area contributed by atoms with Crippen molar-refractivity contribution < 1.29 is 13.2 Å². The number of nitrogens with zero attached hydrogens (tertiary/aromatic N) is 1. The predicted molar refractivity (Wildman–Crippen MR) is 82.5 cm³/mol. The van der Waals surface area contributed by atoms with Crippen LogP contribution in [0.5, 0.6) is 0 Å². The van der Waals surface area contributed by atoms with Crippen LogP contribution < -0.4 is 16.2 Å². The van der Waals surface area contributed by atoms with Gasteiger partial charge in [-0.1, -0.05) is 23.5 Å². The number of nitrogen functional groups attached to an aromatic ring is 1. The molecule has 21 heavy (non-hydrogen) atoms. The number of rotatable bonds is 4. The van der Waals surface area contributed by atoms with Crippen molar-refractivity contribution in [3.8, 4) is 0 Å². The van der Waals surface area contributed by atoms with E-state index in [4.69, 9.17) is 10.9 Å². The maximum Gasteiger partial charge on any atom is 0.267 e. The van der Waals surface area contributed by atoms with Gasteiger partial charge >= 0.3 is 0 Å². The molecule has 2 aromatic rings. The highest BCUT2D eigenvalue weighted by atomic mass is 32.2. The van der Waals surface area contributed by atoms with Gasteiger partial charge in [-0.3, -0.25) is 4.79 Å². The van der Waals surface area contributed by atoms with Gasteiger partial charge in [0.25, 0.3) is 5.91 Å². The van der Waals surface area contributed by atoms with E-state index >= 15 is 0 Å². The summed E-state index contributed by atoms with van der Waals surface area (Å²) in [6.45, 7) is 1.71. The second kappa shape index (κ2) is 5.80. The molecule has 0 spiro atoms. The number of amides is 1. The number of hydrogen-bond acceptors (Lipinski definition) is 6. The van der Waals surface area contributed by atoms with Gasteiger partial charge < -0.3 is 11.1 Å². The Kier molecular flexibility index (Phi) is 4.26. The lowest BCUT2D eigenvalue weighted by molar-refractivity contribution is 0.103. The van der Waals surface area contributed by atoms with Gasteiger partial charge in [-0.25, -0.2) is 18.5 Å². The van der Waals surface area contributed by atoms with Gasteiger partial charge in [-0.15, -0.1) is 0 Å². The van der Waals surface area contributed by atoms with Crippen molar-refractivity contribution in [3.63, 3.8) is 0 Å². The zero-order valence-electron chi connectivity index (χ0n) is 11.2. The molecule has 0 aliphatic heterocycles. The molecule has 1 aromatic heterocycles. The third kappa shape index (κ3) is 4.25. The number of primary sulfonamides is 1. The molecule has 0 fully saturated rings. The van der Waals surface area contributed by atoms with E-state index in [1.54, 1.807) is 31.2 Å². The van der Waals surface area contributed by atoms with Crippen LogP contribution in [-0.4, -0.2) is 19.3 Å². The number of aryl methyl sites for hydroxylation is 1. The number of carbonyl (C=O) groups is 1. The zero-order chi connectivity index (χ0) is 15.6. The number of nitrogens with two attached hydrogens (primary N) is 2. The van der Waals surface area contributed by atoms with Crippen molar-refractivity contribution in [1.29, 1.82) is 0 Å². The van der Waals surface area contributed by atoms with Gasteiger partial charge in [0.2, 0.25) is 10.0 Å². The van der Waals surface area contributed by atoms with Crippen LogP contribution in [0.4, 0.5) is 10.8 Å². The van der Waals surface area contributed by atoms with Gasteiger partial charge in [0.15, 0.2) is 5.13 Å². The molecule has 5 N–H and O–H groups in total. The molecule has 0 unspecified atom stereocenters. The van der Waals surface area contributed by atoms with E-state index in [0.717, 1.165) is 11.3 Å². The molecule has 0 aliphatic rings. The quantitative estimate of drug-likeness (QED) is 0.774. The summed E-state index contributed by atoms with van der Waals surface area (Å²) in [5.41, 5.74) is 7.21. The summed E-state index contributed by atoms with van der Waals surface area (Å²) in [5.74, 6) is -0.549. The maximum absolute atomic E-state index is 12.0. The van der Waals surface area contributed by atoms with Gasteiger partial charge in [-0.05, 0) is 24.6 Å². The third-order valence-electron chi connectivity index (χ3n) is 2.60. The van der Waals surface area contributed by atoms with E-state index < -0.39 is 10.0 Å². The van der Waals surface area contributed by atoms with Gasteiger partial charge in [0, 0.05) is 5.69 Å². The minimum absolute atomic E-state index is 0.244. The van der Waals surface area contributed by atoms with Crippen LogP contribution in [-0.2, 0) is 15.8 Å². The fourth-order valence-electron chi connectivity index (χ4n) is 1.73. The lowest BCUT2D eigenvalue weighted by Crippen LogP contribution is -2.14. The van der Waals surface area contributed by atoms with Crippen LogP contribution in [0.1, 0.15) is 20.9 Å². The summed E-state index contributed by atoms with van der Waals surface area (Å²) in [5, 5.41) is 8.00. The SMILES string of the molecule is Cc1nc(N)sc1C(=O)Nc1ccc(CS(N)(=O)=O)cc1. The smallest absolute Gasteiger partial charge is 0.267 e. The average Bonchev–Trinajstić information content (AvgIpc) is 2.69. The summed E-state index contributed by atoms with van der Waals surface area (Å²) in [4.78, 5) is 16.5. The van der Waals surface area contributed by atoms with Crippen LogP contribution in [0, 0.1) is 6.92 Å². The Bertz CT molecular complexity index is 766. The Morgan fingerprint density at radius 2 is 1.95 bits per heavy atom. The predicted octanol–water partition coefficient (Wildman–Crippen LogP) is 1.07. The highest BCUT2D eigenvalue weighted by Gasteiger charge is 2.14. The Morgan fingerprint density at radius 1 is 1.33 bits per heavy atom. The number of benzene rings is 1. The first-order valence-electron chi connectivity index (χ1n) is 5.88. The molecule has 0 aliphatic carbocycles. The van der Waals surface area contributed by atoms with Crippen molar-refractivity contribution >= 4 is 38.1 Å². The number of thiazole rings is 1. The van der Waals surface area contributed by atoms with E-state index in [9.17, 15) is 13.2 Å². The maximum atomic E-state index is 12.0. The number of aromatic nitrogens is 1. The molecular weight excluding hydrogens is 312 g/mol. The Labute approximate surface area is 126 Å². The van der Waals surface area contributed by atoms with E-state index in [0.29, 0.717) is 27.0 Å². The molecular formula is C12H14N4O3S2. The Morgan fingerprint density at radius 3 is 2.43 bits per heavy atom. The average molecular weight is 326 g/mol. The van der Waals surface area contributed by atoms with Crippen LogP contribution in [0.15, 0.2) is 24.3 Å². The molecule has 0 saturated carbocycles. The molecule has 1 heterocycles. The second-order valence-corrected chi connectivity index (χ2v) is 7.07. The third-order valence-corrected chi connectivity index (χ3v) is 4.32. The number of sulfonamides is 1. The normalized spacial score (nSPS) is 11.3.